The molecule has 1 aromatic carbocycles. The summed E-state index contributed by atoms with van der Waals surface area (Å²) in [6.45, 7) is 1.83. The largest absolute Gasteiger partial charge is 0.496 e. The second kappa shape index (κ2) is 5.99. The van der Waals surface area contributed by atoms with E-state index in [0.717, 1.165) is 0 Å². The van der Waals surface area contributed by atoms with Crippen LogP contribution in [0.3, 0.4) is 0 Å². The zero-order valence-corrected chi connectivity index (χ0v) is 13.4. The highest BCUT2D eigenvalue weighted by Crippen LogP contribution is 2.30. The summed E-state index contributed by atoms with van der Waals surface area (Å²) in [5.41, 5.74) is 0.629. The summed E-state index contributed by atoms with van der Waals surface area (Å²) in [6.07, 6.45) is 1.50. The third-order valence-electron chi connectivity index (χ3n) is 2.76. The lowest BCUT2D eigenvalue weighted by Gasteiger charge is -2.11. The van der Waals surface area contributed by atoms with Crippen LogP contribution >= 0.6 is 15.9 Å². The second-order valence-corrected chi connectivity index (χ2v) is 6.75. The molecular formula is C13H14BrNO4S. The highest BCUT2D eigenvalue weighted by Gasteiger charge is 2.19. The Morgan fingerprint density at radius 1 is 1.40 bits per heavy atom. The van der Waals surface area contributed by atoms with Gasteiger partial charge in [-0.2, -0.15) is 0 Å². The Bertz CT molecular complexity index is 695. The molecule has 0 aliphatic heterocycles. The molecule has 0 bridgehead atoms. The van der Waals surface area contributed by atoms with Crippen LogP contribution in [-0.4, -0.2) is 15.5 Å². The molecule has 5 nitrogen and oxygen atoms in total. The molecular weight excluding hydrogens is 346 g/mol. The quantitative estimate of drug-likeness (QED) is 0.890. The van der Waals surface area contributed by atoms with Crippen molar-refractivity contribution >= 4 is 26.0 Å². The van der Waals surface area contributed by atoms with Crippen LogP contribution in [0.15, 0.2) is 44.3 Å². The highest BCUT2D eigenvalue weighted by molar-refractivity contribution is 9.10. The smallest absolute Gasteiger partial charge is 0.241 e. The summed E-state index contributed by atoms with van der Waals surface area (Å²) < 4.78 is 38.0. The van der Waals surface area contributed by atoms with Crippen LogP contribution in [0, 0.1) is 6.92 Å². The zero-order chi connectivity index (χ0) is 14.8. The van der Waals surface area contributed by atoms with E-state index in [4.69, 9.17) is 9.15 Å². The Labute approximate surface area is 126 Å². The van der Waals surface area contributed by atoms with Crippen LogP contribution in [0.25, 0.3) is 0 Å². The summed E-state index contributed by atoms with van der Waals surface area (Å²) in [7, 11) is -2.14. The van der Waals surface area contributed by atoms with Crippen LogP contribution in [0.5, 0.6) is 5.75 Å². The van der Waals surface area contributed by atoms with Gasteiger partial charge in [0, 0.05) is 6.07 Å². The molecule has 0 amide bonds. The summed E-state index contributed by atoms with van der Waals surface area (Å²) >= 11 is 3.32. The molecule has 0 unspecified atom stereocenters. The Hall–Kier alpha value is -1.31. The first-order valence-electron chi connectivity index (χ1n) is 5.80. The fourth-order valence-corrected chi connectivity index (χ4v) is 3.59. The first-order chi connectivity index (χ1) is 9.44. The molecule has 2 rings (SSSR count). The van der Waals surface area contributed by atoms with Crippen molar-refractivity contribution in [2.45, 2.75) is 18.4 Å². The first kappa shape index (κ1) is 15.1. The van der Waals surface area contributed by atoms with Gasteiger partial charge in [0.25, 0.3) is 0 Å². The fourth-order valence-electron chi connectivity index (χ4n) is 1.74. The van der Waals surface area contributed by atoms with Crippen molar-refractivity contribution in [1.82, 2.24) is 4.72 Å². The topological polar surface area (TPSA) is 68.5 Å². The van der Waals surface area contributed by atoms with Gasteiger partial charge in [-0.1, -0.05) is 0 Å². The van der Waals surface area contributed by atoms with Gasteiger partial charge in [0.1, 0.15) is 11.5 Å². The maximum atomic E-state index is 12.3. The number of sulfonamides is 1. The number of hydrogen-bond donors (Lipinski definition) is 1. The molecule has 20 heavy (non-hydrogen) atoms. The lowest BCUT2D eigenvalue weighted by atomic mass is 10.2. The van der Waals surface area contributed by atoms with Crippen molar-refractivity contribution in [3.63, 3.8) is 0 Å². The second-order valence-electron chi connectivity index (χ2n) is 4.16. The number of ether oxygens (including phenoxy) is 1. The third-order valence-corrected chi connectivity index (χ3v) is 4.92. The predicted molar refractivity (Wildman–Crippen MR) is 78.2 cm³/mol. The maximum Gasteiger partial charge on any atom is 0.241 e. The predicted octanol–water partition coefficient (Wildman–Crippen LogP) is 2.84. The molecule has 0 saturated carbocycles. The maximum absolute atomic E-state index is 12.3. The molecule has 0 aliphatic carbocycles. The van der Waals surface area contributed by atoms with Crippen molar-refractivity contribution in [2.75, 3.05) is 7.11 Å². The molecule has 1 N–H and O–H groups in total. The van der Waals surface area contributed by atoms with Crippen LogP contribution in [0.2, 0.25) is 0 Å². The molecule has 0 atom stereocenters. The molecule has 1 heterocycles. The number of benzene rings is 1. The SMILES string of the molecule is COc1cc(S(=O)(=O)NCc2ccco2)c(C)cc1Br. The molecule has 0 fully saturated rings. The molecule has 0 spiro atoms. The Morgan fingerprint density at radius 3 is 2.75 bits per heavy atom. The van der Waals surface area contributed by atoms with E-state index >= 15 is 0 Å². The molecule has 0 aliphatic rings. The molecule has 108 valence electrons. The van der Waals surface area contributed by atoms with Crippen LogP contribution in [0.1, 0.15) is 11.3 Å². The number of hydrogen-bond acceptors (Lipinski definition) is 4. The van der Waals surface area contributed by atoms with E-state index in [9.17, 15) is 8.42 Å². The van der Waals surface area contributed by atoms with Crippen LogP contribution < -0.4 is 9.46 Å². The summed E-state index contributed by atoms with van der Waals surface area (Å²) in [5, 5.41) is 0. The van der Waals surface area contributed by atoms with Gasteiger partial charge in [-0.25, -0.2) is 13.1 Å². The number of aryl methyl sites for hydroxylation is 1. The minimum Gasteiger partial charge on any atom is -0.496 e. The molecule has 0 radical (unpaired) electrons. The summed E-state index contributed by atoms with van der Waals surface area (Å²) in [6, 6.07) is 6.61. The van der Waals surface area contributed by atoms with Crippen molar-refractivity contribution in [1.29, 1.82) is 0 Å². The van der Waals surface area contributed by atoms with Crippen molar-refractivity contribution in [3.05, 3.63) is 46.3 Å². The van der Waals surface area contributed by atoms with Gasteiger partial charge >= 0.3 is 0 Å². The number of methoxy groups -OCH3 is 1. The van der Waals surface area contributed by atoms with E-state index in [0.29, 0.717) is 21.5 Å². The average molecular weight is 360 g/mol. The first-order valence-corrected chi connectivity index (χ1v) is 8.08. The number of furan rings is 1. The Kier molecular flexibility index (Phi) is 4.52. The average Bonchev–Trinajstić information content (AvgIpc) is 2.89. The normalized spacial score (nSPS) is 11.6. The van der Waals surface area contributed by atoms with E-state index in [2.05, 4.69) is 20.7 Å². The van der Waals surface area contributed by atoms with E-state index in [-0.39, 0.29) is 11.4 Å². The Balaban J connectivity index is 2.29. The van der Waals surface area contributed by atoms with E-state index < -0.39 is 10.0 Å². The lowest BCUT2D eigenvalue weighted by molar-refractivity contribution is 0.410. The van der Waals surface area contributed by atoms with Crippen LogP contribution in [0.4, 0.5) is 0 Å². The van der Waals surface area contributed by atoms with Crippen molar-refractivity contribution in [2.24, 2.45) is 0 Å². The molecule has 2 aromatic rings. The van der Waals surface area contributed by atoms with Gasteiger partial charge in [0.15, 0.2) is 0 Å². The van der Waals surface area contributed by atoms with Gasteiger partial charge in [0.2, 0.25) is 10.0 Å². The summed E-state index contributed by atoms with van der Waals surface area (Å²) in [5.74, 6) is 1.02. The third kappa shape index (κ3) is 3.23. The number of halogens is 1. The number of nitrogens with one attached hydrogen (secondary N) is 1. The van der Waals surface area contributed by atoms with Gasteiger partial charge in [0.05, 0.1) is 29.3 Å². The lowest BCUT2D eigenvalue weighted by Crippen LogP contribution is -2.23. The van der Waals surface area contributed by atoms with Gasteiger partial charge in [-0.05, 0) is 46.6 Å². The molecule has 1 aromatic heterocycles. The standard InChI is InChI=1S/C13H14BrNO4S/c1-9-6-11(14)12(18-2)7-13(9)20(16,17)15-8-10-4-3-5-19-10/h3-7,15H,8H2,1-2H3. The van der Waals surface area contributed by atoms with Gasteiger partial charge in [-0.15, -0.1) is 0 Å². The van der Waals surface area contributed by atoms with E-state index in [1.54, 1.807) is 25.1 Å². The van der Waals surface area contributed by atoms with Gasteiger partial charge < -0.3 is 9.15 Å². The minimum absolute atomic E-state index is 0.104. The van der Waals surface area contributed by atoms with Crippen LogP contribution in [-0.2, 0) is 16.6 Å². The van der Waals surface area contributed by atoms with E-state index in [1.165, 1.54) is 19.4 Å². The van der Waals surface area contributed by atoms with Gasteiger partial charge in [-0.3, -0.25) is 0 Å². The Morgan fingerprint density at radius 2 is 2.15 bits per heavy atom. The molecule has 7 heteroatoms. The minimum atomic E-state index is -3.63. The fraction of sp³-hybridized carbons (Fsp3) is 0.231. The van der Waals surface area contributed by atoms with E-state index in [1.807, 2.05) is 0 Å². The highest BCUT2D eigenvalue weighted by atomic mass is 79.9. The summed E-state index contributed by atoms with van der Waals surface area (Å²) in [4.78, 5) is 0.184. The number of rotatable bonds is 5. The zero-order valence-electron chi connectivity index (χ0n) is 11.0. The van der Waals surface area contributed by atoms with Crippen molar-refractivity contribution in [3.8, 4) is 5.75 Å². The van der Waals surface area contributed by atoms with Crippen molar-refractivity contribution < 1.29 is 17.6 Å². The molecule has 0 saturated heterocycles. The monoisotopic (exact) mass is 359 g/mol.